The Hall–Kier alpha value is -2.02. The summed E-state index contributed by atoms with van der Waals surface area (Å²) in [6, 6.07) is 16.5. The summed E-state index contributed by atoms with van der Waals surface area (Å²) in [6.07, 6.45) is 2.22. The number of hydrogen-bond donors (Lipinski definition) is 0. The van der Waals surface area contributed by atoms with Crippen LogP contribution in [0.4, 0.5) is 0 Å². The molecule has 1 heterocycles. The second-order valence-electron chi connectivity index (χ2n) is 9.86. The second-order valence-corrected chi connectivity index (χ2v) is 9.86. The third-order valence-corrected chi connectivity index (χ3v) is 5.27. The first-order chi connectivity index (χ1) is 12.0. The largest absolute Gasteiger partial charge is 0.344 e. The van der Waals surface area contributed by atoms with Gasteiger partial charge in [-0.25, -0.2) is 0 Å². The van der Waals surface area contributed by atoms with Crippen LogP contribution in [0.5, 0.6) is 0 Å². The zero-order valence-corrected chi connectivity index (χ0v) is 17.6. The van der Waals surface area contributed by atoms with E-state index in [4.69, 9.17) is 0 Å². The number of aromatic nitrogens is 1. The Morgan fingerprint density at radius 2 is 1.35 bits per heavy atom. The van der Waals surface area contributed by atoms with E-state index in [9.17, 15) is 0 Å². The van der Waals surface area contributed by atoms with Crippen LogP contribution in [0.1, 0.15) is 72.6 Å². The van der Waals surface area contributed by atoms with Gasteiger partial charge in [-0.15, -0.1) is 0 Å². The molecule has 3 aromatic rings. The molecule has 3 rings (SSSR count). The van der Waals surface area contributed by atoms with E-state index in [0.717, 1.165) is 0 Å². The fourth-order valence-electron chi connectivity index (χ4n) is 3.53. The van der Waals surface area contributed by atoms with Gasteiger partial charge in [0.2, 0.25) is 0 Å². The van der Waals surface area contributed by atoms with Crippen LogP contribution < -0.4 is 0 Å². The van der Waals surface area contributed by atoms with Crippen molar-refractivity contribution < 1.29 is 0 Å². The molecule has 26 heavy (non-hydrogen) atoms. The Kier molecular flexibility index (Phi) is 4.55. The third kappa shape index (κ3) is 3.45. The summed E-state index contributed by atoms with van der Waals surface area (Å²) in [5.41, 5.74) is 7.06. The van der Waals surface area contributed by atoms with Crippen molar-refractivity contribution in [3.63, 3.8) is 0 Å². The van der Waals surface area contributed by atoms with E-state index in [2.05, 4.69) is 109 Å². The normalized spacial score (nSPS) is 13.0. The van der Waals surface area contributed by atoms with Gasteiger partial charge < -0.3 is 4.57 Å². The van der Waals surface area contributed by atoms with Gasteiger partial charge in [-0.3, -0.25) is 0 Å². The molecule has 2 aromatic carbocycles. The average Bonchev–Trinajstić information content (AvgIpc) is 2.97. The quantitative estimate of drug-likeness (QED) is 0.452. The van der Waals surface area contributed by atoms with E-state index in [1.165, 1.54) is 33.2 Å². The van der Waals surface area contributed by atoms with Crippen LogP contribution in [0.3, 0.4) is 0 Å². The van der Waals surface area contributed by atoms with E-state index >= 15 is 0 Å². The molecule has 0 bridgehead atoms. The fraction of sp³-hybridized carbons (Fsp3) is 0.440. The lowest BCUT2D eigenvalue weighted by Gasteiger charge is -2.26. The number of rotatable bonds is 2. The molecule has 0 fully saturated rings. The first kappa shape index (κ1) is 18.8. The standard InChI is InChI=1S/C25H33N/c1-17(2)26-13-12-18-10-9-11-22(23(18)26)19-14-20(24(3,4)5)16-21(15-19)25(6,7)8/h9-17H,1-8H3. The highest BCUT2D eigenvalue weighted by molar-refractivity contribution is 5.95. The molecule has 0 atom stereocenters. The number of nitrogens with zero attached hydrogens (tertiary/aromatic N) is 1. The van der Waals surface area contributed by atoms with Gasteiger partial charge in [-0.2, -0.15) is 0 Å². The number of hydrogen-bond acceptors (Lipinski definition) is 0. The molecule has 1 heteroatoms. The Labute approximate surface area is 159 Å². The Balaban J connectivity index is 2.34. The van der Waals surface area contributed by atoms with Crippen LogP contribution in [-0.2, 0) is 10.8 Å². The first-order valence-corrected chi connectivity index (χ1v) is 9.74. The van der Waals surface area contributed by atoms with Gasteiger partial charge in [-0.05, 0) is 47.4 Å². The monoisotopic (exact) mass is 347 g/mol. The summed E-state index contributed by atoms with van der Waals surface area (Å²) in [7, 11) is 0. The van der Waals surface area contributed by atoms with Crippen molar-refractivity contribution in [2.24, 2.45) is 0 Å². The minimum atomic E-state index is 0.129. The molecule has 0 amide bonds. The maximum absolute atomic E-state index is 2.39. The molecule has 0 aliphatic carbocycles. The minimum Gasteiger partial charge on any atom is -0.344 e. The summed E-state index contributed by atoms with van der Waals surface area (Å²) in [4.78, 5) is 0. The lowest BCUT2D eigenvalue weighted by Crippen LogP contribution is -2.16. The van der Waals surface area contributed by atoms with Gasteiger partial charge in [0, 0.05) is 23.2 Å². The van der Waals surface area contributed by atoms with Crippen LogP contribution in [0.2, 0.25) is 0 Å². The number of benzene rings is 2. The average molecular weight is 348 g/mol. The third-order valence-electron chi connectivity index (χ3n) is 5.27. The molecular formula is C25H33N. The van der Waals surface area contributed by atoms with Crippen LogP contribution in [0, 0.1) is 0 Å². The van der Waals surface area contributed by atoms with Crippen molar-refractivity contribution >= 4 is 10.9 Å². The van der Waals surface area contributed by atoms with Crippen molar-refractivity contribution in [2.45, 2.75) is 72.3 Å². The van der Waals surface area contributed by atoms with Gasteiger partial charge in [0.15, 0.2) is 0 Å². The predicted octanol–water partition coefficient (Wildman–Crippen LogP) is 7.48. The van der Waals surface area contributed by atoms with E-state index in [1.807, 2.05) is 0 Å². The molecule has 0 radical (unpaired) electrons. The van der Waals surface area contributed by atoms with Crippen molar-refractivity contribution in [1.82, 2.24) is 4.57 Å². The molecule has 0 aliphatic rings. The highest BCUT2D eigenvalue weighted by Gasteiger charge is 2.22. The van der Waals surface area contributed by atoms with Gasteiger partial charge >= 0.3 is 0 Å². The van der Waals surface area contributed by atoms with E-state index in [0.29, 0.717) is 6.04 Å². The zero-order valence-electron chi connectivity index (χ0n) is 17.6. The fourth-order valence-corrected chi connectivity index (χ4v) is 3.53. The molecular weight excluding hydrogens is 314 g/mol. The second kappa shape index (κ2) is 6.30. The van der Waals surface area contributed by atoms with Gasteiger partial charge in [0.05, 0.1) is 5.52 Å². The van der Waals surface area contributed by atoms with Crippen molar-refractivity contribution in [2.75, 3.05) is 0 Å². The summed E-state index contributed by atoms with van der Waals surface area (Å²) in [5.74, 6) is 0. The molecule has 1 aromatic heterocycles. The highest BCUT2D eigenvalue weighted by atomic mass is 15.0. The van der Waals surface area contributed by atoms with Crippen molar-refractivity contribution in [3.8, 4) is 11.1 Å². The molecule has 0 aliphatic heterocycles. The highest BCUT2D eigenvalue weighted by Crippen LogP contribution is 2.37. The summed E-state index contributed by atoms with van der Waals surface area (Å²) in [6.45, 7) is 18.3. The van der Waals surface area contributed by atoms with Crippen LogP contribution in [0.15, 0.2) is 48.7 Å². The molecule has 0 unspecified atom stereocenters. The molecule has 138 valence electrons. The Bertz CT molecular complexity index is 895. The van der Waals surface area contributed by atoms with E-state index < -0.39 is 0 Å². The van der Waals surface area contributed by atoms with Gasteiger partial charge in [0.25, 0.3) is 0 Å². The lowest BCUT2D eigenvalue weighted by molar-refractivity contribution is 0.569. The maximum atomic E-state index is 2.39. The first-order valence-electron chi connectivity index (χ1n) is 9.74. The molecule has 0 saturated carbocycles. The summed E-state index contributed by atoms with van der Waals surface area (Å²) < 4.78 is 2.39. The van der Waals surface area contributed by atoms with Gasteiger partial charge in [-0.1, -0.05) is 77.9 Å². The SMILES string of the molecule is CC(C)n1ccc2cccc(-c3cc(C(C)(C)C)cc(C(C)(C)C)c3)c21. The summed E-state index contributed by atoms with van der Waals surface area (Å²) >= 11 is 0. The van der Waals surface area contributed by atoms with E-state index in [1.54, 1.807) is 0 Å². The molecule has 1 nitrogen and oxygen atoms in total. The summed E-state index contributed by atoms with van der Waals surface area (Å²) in [5, 5.41) is 1.31. The predicted molar refractivity (Wildman–Crippen MR) is 115 cm³/mol. The minimum absolute atomic E-state index is 0.129. The van der Waals surface area contributed by atoms with Gasteiger partial charge in [0.1, 0.15) is 0 Å². The van der Waals surface area contributed by atoms with Crippen molar-refractivity contribution in [3.05, 3.63) is 59.8 Å². The topological polar surface area (TPSA) is 4.93 Å². The van der Waals surface area contributed by atoms with E-state index in [-0.39, 0.29) is 10.8 Å². The zero-order chi connectivity index (χ0) is 19.3. The van der Waals surface area contributed by atoms with Crippen LogP contribution >= 0.6 is 0 Å². The number of para-hydroxylation sites is 1. The molecule has 0 N–H and O–H groups in total. The van der Waals surface area contributed by atoms with Crippen LogP contribution in [0.25, 0.3) is 22.0 Å². The Morgan fingerprint density at radius 3 is 1.85 bits per heavy atom. The lowest BCUT2D eigenvalue weighted by atomic mass is 9.79. The molecule has 0 spiro atoms. The number of fused-ring (bicyclic) bond motifs is 1. The maximum Gasteiger partial charge on any atom is 0.0562 e. The molecule has 0 saturated heterocycles. The Morgan fingerprint density at radius 1 is 0.769 bits per heavy atom. The smallest absolute Gasteiger partial charge is 0.0562 e. The van der Waals surface area contributed by atoms with Crippen LogP contribution in [-0.4, -0.2) is 4.57 Å². The van der Waals surface area contributed by atoms with Crippen molar-refractivity contribution in [1.29, 1.82) is 0 Å².